The molecule has 0 rings (SSSR count). The lowest BCUT2D eigenvalue weighted by Gasteiger charge is -2.24. The Morgan fingerprint density at radius 2 is 1.38 bits per heavy atom. The molecule has 0 aliphatic rings. The summed E-state index contributed by atoms with van der Waals surface area (Å²) in [5, 5.41) is 10.4. The molecule has 0 heterocycles. The lowest BCUT2D eigenvalue weighted by Crippen LogP contribution is -2.24. The van der Waals surface area contributed by atoms with E-state index in [0.29, 0.717) is 0 Å². The van der Waals surface area contributed by atoms with Crippen LogP contribution >= 0.6 is 0 Å². The van der Waals surface area contributed by atoms with Gasteiger partial charge in [-0.15, -0.1) is 0 Å². The van der Waals surface area contributed by atoms with Crippen molar-refractivity contribution >= 4 is 20.2 Å². The molecule has 0 fully saturated rings. The average molecular weight is 375 g/mol. The van der Waals surface area contributed by atoms with Crippen LogP contribution in [-0.2, 0) is 4.12 Å². The summed E-state index contributed by atoms with van der Waals surface area (Å²) in [6.45, 7) is 11.5. The van der Waals surface area contributed by atoms with Gasteiger partial charge in [-0.1, -0.05) is 79.1 Å². The second-order valence-electron chi connectivity index (χ2n) is 8.95. The molecule has 0 aromatic heterocycles. The van der Waals surface area contributed by atoms with Crippen molar-refractivity contribution in [3.8, 4) is 0 Å². The monoisotopic (exact) mass is 374 g/mol. The first-order valence-electron chi connectivity index (χ1n) is 10.5. The Labute approximate surface area is 158 Å². The molecular formula is C20H46O2Si2. The number of hydrogen-bond donors (Lipinski definition) is 1. The maximum Gasteiger partial charge on any atom is 0.145 e. The van der Waals surface area contributed by atoms with Crippen molar-refractivity contribution in [1.82, 2.24) is 0 Å². The minimum atomic E-state index is -0.461. The number of rotatable bonds is 16. The molecule has 0 bridgehead atoms. The normalized spacial score (nSPS) is 17.6. The Kier molecular flexibility index (Phi) is 14.7. The third-order valence-electron chi connectivity index (χ3n) is 5.35. The van der Waals surface area contributed by atoms with Gasteiger partial charge in [0.25, 0.3) is 0 Å². The van der Waals surface area contributed by atoms with E-state index in [2.05, 4.69) is 27.7 Å². The van der Waals surface area contributed by atoms with E-state index in [9.17, 15) is 5.11 Å². The Hall–Kier alpha value is 0.354. The maximum atomic E-state index is 10.4. The Morgan fingerprint density at radius 1 is 0.875 bits per heavy atom. The van der Waals surface area contributed by atoms with Crippen LogP contribution in [-0.4, -0.2) is 31.0 Å². The van der Waals surface area contributed by atoms with Gasteiger partial charge in [-0.25, -0.2) is 0 Å². The molecular weight excluding hydrogens is 328 g/mol. The topological polar surface area (TPSA) is 29.5 Å². The summed E-state index contributed by atoms with van der Waals surface area (Å²) in [6, 6.07) is 1.13. The van der Waals surface area contributed by atoms with E-state index in [-0.39, 0.29) is 9.76 Å². The van der Waals surface area contributed by atoms with Gasteiger partial charge in [0.15, 0.2) is 0 Å². The lowest BCUT2D eigenvalue weighted by molar-refractivity contribution is 0.0429. The first kappa shape index (κ1) is 24.4. The predicted molar refractivity (Wildman–Crippen MR) is 114 cm³/mol. The SMILES string of the molecule is CC(C)CCCC(C)CCCC(C)CCCC(C)(O)CC[SiH2]O[SiH3]. The molecule has 3 unspecified atom stereocenters. The Balaban J connectivity index is 3.63. The van der Waals surface area contributed by atoms with Gasteiger partial charge >= 0.3 is 0 Å². The zero-order chi connectivity index (χ0) is 18.4. The van der Waals surface area contributed by atoms with E-state index in [4.69, 9.17) is 4.12 Å². The van der Waals surface area contributed by atoms with Gasteiger partial charge in [-0.05, 0) is 43.6 Å². The second-order valence-corrected chi connectivity index (χ2v) is 12.4. The molecule has 2 nitrogen and oxygen atoms in total. The smallest absolute Gasteiger partial charge is 0.145 e. The zero-order valence-corrected chi connectivity index (χ0v) is 21.0. The molecule has 0 aromatic rings. The van der Waals surface area contributed by atoms with Crippen LogP contribution in [0.4, 0.5) is 0 Å². The molecule has 4 heteroatoms. The van der Waals surface area contributed by atoms with E-state index in [1.165, 1.54) is 51.4 Å². The highest BCUT2D eigenvalue weighted by molar-refractivity contribution is 6.34. The van der Waals surface area contributed by atoms with E-state index < -0.39 is 5.60 Å². The van der Waals surface area contributed by atoms with Crippen molar-refractivity contribution in [2.75, 3.05) is 0 Å². The van der Waals surface area contributed by atoms with E-state index in [1.807, 2.05) is 6.92 Å². The summed E-state index contributed by atoms with van der Waals surface area (Å²) in [7, 11) is 0.543. The molecule has 0 radical (unpaired) electrons. The van der Waals surface area contributed by atoms with Gasteiger partial charge in [-0.3, -0.25) is 0 Å². The first-order chi connectivity index (χ1) is 11.3. The fraction of sp³-hybridized carbons (Fsp3) is 1.00. The highest BCUT2D eigenvalue weighted by atomic mass is 28.3. The van der Waals surface area contributed by atoms with Crippen LogP contribution in [0.15, 0.2) is 0 Å². The molecule has 0 spiro atoms. The molecule has 24 heavy (non-hydrogen) atoms. The highest BCUT2D eigenvalue weighted by Crippen LogP contribution is 2.24. The third-order valence-corrected chi connectivity index (χ3v) is 7.62. The molecule has 0 aliphatic carbocycles. The van der Waals surface area contributed by atoms with Crippen molar-refractivity contribution in [1.29, 1.82) is 0 Å². The minimum absolute atomic E-state index is 0.326. The summed E-state index contributed by atoms with van der Waals surface area (Å²) >= 11 is 0. The predicted octanol–water partition coefficient (Wildman–Crippen LogP) is 4.37. The van der Waals surface area contributed by atoms with Crippen LogP contribution in [0.2, 0.25) is 6.04 Å². The summed E-state index contributed by atoms with van der Waals surface area (Å²) in [5.74, 6) is 2.56. The van der Waals surface area contributed by atoms with Gasteiger partial charge in [0.05, 0.1) is 5.60 Å². The number of aliphatic hydroxyl groups is 1. The highest BCUT2D eigenvalue weighted by Gasteiger charge is 2.19. The van der Waals surface area contributed by atoms with E-state index in [1.54, 1.807) is 0 Å². The standard InChI is InChI=1S/C20H46O2Si2/c1-17(2)9-6-10-18(3)11-7-12-19(4)13-8-14-20(5,21)15-16-24-22-23/h17-19,21H,6-16,24H2,1-5,23H3. The third kappa shape index (κ3) is 15.9. The van der Waals surface area contributed by atoms with Gasteiger partial charge < -0.3 is 9.22 Å². The van der Waals surface area contributed by atoms with Gasteiger partial charge in [0.1, 0.15) is 20.2 Å². The van der Waals surface area contributed by atoms with E-state index >= 15 is 0 Å². The maximum absolute atomic E-state index is 10.4. The molecule has 0 saturated carbocycles. The minimum Gasteiger partial charge on any atom is -0.468 e. The van der Waals surface area contributed by atoms with Crippen LogP contribution in [0.1, 0.15) is 98.8 Å². The van der Waals surface area contributed by atoms with Gasteiger partial charge in [0.2, 0.25) is 0 Å². The summed E-state index contributed by atoms with van der Waals surface area (Å²) in [4.78, 5) is 0. The Bertz CT molecular complexity index is 283. The Morgan fingerprint density at radius 3 is 1.88 bits per heavy atom. The van der Waals surface area contributed by atoms with Gasteiger partial charge in [-0.2, -0.15) is 0 Å². The zero-order valence-electron chi connectivity index (χ0n) is 17.6. The molecule has 0 aromatic carbocycles. The van der Waals surface area contributed by atoms with Crippen LogP contribution in [0.5, 0.6) is 0 Å². The summed E-state index contributed by atoms with van der Waals surface area (Å²) in [6.07, 6.45) is 12.7. The van der Waals surface area contributed by atoms with Gasteiger partial charge in [0, 0.05) is 0 Å². The van der Waals surface area contributed by atoms with Crippen molar-refractivity contribution in [3.63, 3.8) is 0 Å². The fourth-order valence-corrected chi connectivity index (χ4v) is 5.59. The van der Waals surface area contributed by atoms with Crippen molar-refractivity contribution < 1.29 is 9.22 Å². The lowest BCUT2D eigenvalue weighted by atomic mass is 9.89. The van der Waals surface area contributed by atoms with Crippen LogP contribution in [0.3, 0.4) is 0 Å². The average Bonchev–Trinajstić information content (AvgIpc) is 2.46. The largest absolute Gasteiger partial charge is 0.468 e. The second kappa shape index (κ2) is 14.5. The van der Waals surface area contributed by atoms with Crippen molar-refractivity contribution in [2.45, 2.75) is 110 Å². The molecule has 0 aliphatic heterocycles. The van der Waals surface area contributed by atoms with Crippen LogP contribution < -0.4 is 0 Å². The quantitative estimate of drug-likeness (QED) is 0.321. The molecule has 1 N–H and O–H groups in total. The van der Waals surface area contributed by atoms with Crippen LogP contribution in [0, 0.1) is 17.8 Å². The molecule has 0 saturated heterocycles. The fourth-order valence-electron chi connectivity index (χ4n) is 3.53. The molecule has 0 amide bonds. The van der Waals surface area contributed by atoms with Crippen LogP contribution in [0.25, 0.3) is 0 Å². The van der Waals surface area contributed by atoms with Crippen molar-refractivity contribution in [2.24, 2.45) is 17.8 Å². The van der Waals surface area contributed by atoms with E-state index in [0.717, 1.165) is 47.1 Å². The van der Waals surface area contributed by atoms with Crippen molar-refractivity contribution in [3.05, 3.63) is 0 Å². The summed E-state index contributed by atoms with van der Waals surface area (Å²) < 4.78 is 5.35. The number of hydrogen-bond acceptors (Lipinski definition) is 2. The molecule has 146 valence electrons. The molecule has 3 atom stereocenters. The summed E-state index contributed by atoms with van der Waals surface area (Å²) in [5.41, 5.74) is -0.461. The first-order valence-corrected chi connectivity index (χ1v) is 12.9.